The van der Waals surface area contributed by atoms with E-state index in [4.69, 9.17) is 10.5 Å². The molecule has 2 unspecified atom stereocenters. The van der Waals surface area contributed by atoms with Gasteiger partial charge in [-0.3, -0.25) is 0 Å². The van der Waals surface area contributed by atoms with E-state index in [0.717, 1.165) is 23.2 Å². The Bertz CT molecular complexity index is 357. The van der Waals surface area contributed by atoms with E-state index in [2.05, 4.69) is 40.3 Å². The smallest absolute Gasteiger partial charge is 0.133 e. The van der Waals surface area contributed by atoms with E-state index in [1.807, 2.05) is 13.1 Å². The molecule has 0 aliphatic rings. The number of rotatable bonds is 6. The lowest BCUT2D eigenvalue weighted by molar-refractivity contribution is 0.389. The molecule has 0 radical (unpaired) electrons. The third kappa shape index (κ3) is 3.69. The SMILES string of the molecule is CNC(c1ccc(OC)c(Br)c1)C(C)CCN. The van der Waals surface area contributed by atoms with Crippen molar-refractivity contribution in [3.8, 4) is 5.75 Å². The van der Waals surface area contributed by atoms with Gasteiger partial charge >= 0.3 is 0 Å². The van der Waals surface area contributed by atoms with Gasteiger partial charge in [0.25, 0.3) is 0 Å². The molecule has 1 rings (SSSR count). The quantitative estimate of drug-likeness (QED) is 0.849. The second kappa shape index (κ2) is 6.99. The van der Waals surface area contributed by atoms with Crippen LogP contribution >= 0.6 is 15.9 Å². The number of halogens is 1. The first-order valence-corrected chi connectivity index (χ1v) is 6.64. The van der Waals surface area contributed by atoms with Crippen LogP contribution < -0.4 is 15.8 Å². The van der Waals surface area contributed by atoms with Crippen molar-refractivity contribution in [2.45, 2.75) is 19.4 Å². The van der Waals surface area contributed by atoms with Crippen LogP contribution in [0.5, 0.6) is 5.75 Å². The van der Waals surface area contributed by atoms with Crippen molar-refractivity contribution in [1.82, 2.24) is 5.32 Å². The normalized spacial score (nSPS) is 14.4. The van der Waals surface area contributed by atoms with Gasteiger partial charge in [-0.15, -0.1) is 0 Å². The van der Waals surface area contributed by atoms with Crippen molar-refractivity contribution in [1.29, 1.82) is 0 Å². The largest absolute Gasteiger partial charge is 0.496 e. The number of methoxy groups -OCH3 is 1. The van der Waals surface area contributed by atoms with Crippen molar-refractivity contribution in [2.24, 2.45) is 11.7 Å². The van der Waals surface area contributed by atoms with Crippen LogP contribution in [-0.2, 0) is 0 Å². The number of hydrogen-bond donors (Lipinski definition) is 2. The van der Waals surface area contributed by atoms with Crippen LogP contribution in [0.2, 0.25) is 0 Å². The summed E-state index contributed by atoms with van der Waals surface area (Å²) in [5, 5.41) is 3.35. The van der Waals surface area contributed by atoms with Crippen molar-refractivity contribution >= 4 is 15.9 Å². The third-order valence-electron chi connectivity index (χ3n) is 3.04. The number of hydrogen-bond acceptors (Lipinski definition) is 3. The maximum atomic E-state index is 5.62. The average Bonchev–Trinajstić information content (AvgIpc) is 2.30. The number of ether oxygens (including phenoxy) is 1. The molecule has 0 aliphatic heterocycles. The molecule has 0 heterocycles. The topological polar surface area (TPSA) is 47.3 Å². The fourth-order valence-electron chi connectivity index (χ4n) is 2.09. The molecule has 4 heteroatoms. The molecule has 1 aromatic carbocycles. The standard InChI is InChI=1S/C13H21BrN2O/c1-9(6-7-15)13(16-2)10-4-5-12(17-3)11(14)8-10/h4-5,8-9,13,16H,6-7,15H2,1-3H3. The van der Waals surface area contributed by atoms with Crippen LogP contribution in [0.1, 0.15) is 24.9 Å². The Morgan fingerprint density at radius 1 is 1.47 bits per heavy atom. The summed E-state index contributed by atoms with van der Waals surface area (Å²) in [6, 6.07) is 6.50. The van der Waals surface area contributed by atoms with Crippen LogP contribution in [0, 0.1) is 5.92 Å². The summed E-state index contributed by atoms with van der Waals surface area (Å²) in [5.74, 6) is 1.36. The van der Waals surface area contributed by atoms with Gasteiger partial charge in [-0.05, 0) is 59.6 Å². The average molecular weight is 301 g/mol. The molecular formula is C13H21BrN2O. The molecule has 0 spiro atoms. The first kappa shape index (κ1) is 14.5. The molecule has 0 saturated carbocycles. The van der Waals surface area contributed by atoms with Crippen LogP contribution in [0.4, 0.5) is 0 Å². The first-order valence-electron chi connectivity index (χ1n) is 5.84. The minimum atomic E-state index is 0.320. The zero-order valence-corrected chi connectivity index (χ0v) is 12.3. The Kier molecular flexibility index (Phi) is 5.95. The number of benzene rings is 1. The highest BCUT2D eigenvalue weighted by molar-refractivity contribution is 9.10. The van der Waals surface area contributed by atoms with E-state index in [-0.39, 0.29) is 0 Å². The molecule has 0 fully saturated rings. The number of nitrogens with two attached hydrogens (primary N) is 1. The minimum absolute atomic E-state index is 0.320. The van der Waals surface area contributed by atoms with Gasteiger partial charge in [0.05, 0.1) is 11.6 Å². The summed E-state index contributed by atoms with van der Waals surface area (Å²) in [6.45, 7) is 2.93. The zero-order valence-electron chi connectivity index (χ0n) is 10.7. The van der Waals surface area contributed by atoms with Crippen molar-refractivity contribution in [2.75, 3.05) is 20.7 Å². The molecule has 2 atom stereocenters. The summed E-state index contributed by atoms with van der Waals surface area (Å²) in [5.41, 5.74) is 6.87. The fraction of sp³-hybridized carbons (Fsp3) is 0.538. The minimum Gasteiger partial charge on any atom is -0.496 e. The van der Waals surface area contributed by atoms with Gasteiger partial charge in [0.1, 0.15) is 5.75 Å². The maximum Gasteiger partial charge on any atom is 0.133 e. The summed E-state index contributed by atoms with van der Waals surface area (Å²) in [4.78, 5) is 0. The summed E-state index contributed by atoms with van der Waals surface area (Å²) < 4.78 is 6.22. The van der Waals surface area contributed by atoms with E-state index in [1.54, 1.807) is 7.11 Å². The van der Waals surface area contributed by atoms with Crippen molar-refractivity contribution in [3.63, 3.8) is 0 Å². The Morgan fingerprint density at radius 3 is 2.65 bits per heavy atom. The van der Waals surface area contributed by atoms with E-state index < -0.39 is 0 Å². The highest BCUT2D eigenvalue weighted by atomic mass is 79.9. The Morgan fingerprint density at radius 2 is 2.18 bits per heavy atom. The van der Waals surface area contributed by atoms with Gasteiger partial charge < -0.3 is 15.8 Å². The van der Waals surface area contributed by atoms with Gasteiger partial charge in [0, 0.05) is 6.04 Å². The maximum absolute atomic E-state index is 5.62. The first-order chi connectivity index (χ1) is 8.13. The Hall–Kier alpha value is -0.580. The summed E-state index contributed by atoms with van der Waals surface area (Å²) in [7, 11) is 3.65. The summed E-state index contributed by atoms with van der Waals surface area (Å²) >= 11 is 3.52. The van der Waals surface area contributed by atoms with E-state index in [1.165, 1.54) is 5.56 Å². The molecule has 3 N–H and O–H groups in total. The van der Waals surface area contributed by atoms with Crippen LogP contribution in [0.25, 0.3) is 0 Å². The van der Waals surface area contributed by atoms with Crippen LogP contribution in [0.15, 0.2) is 22.7 Å². The van der Waals surface area contributed by atoms with Gasteiger partial charge in [0.2, 0.25) is 0 Å². The molecular weight excluding hydrogens is 280 g/mol. The molecule has 0 saturated heterocycles. The highest BCUT2D eigenvalue weighted by Crippen LogP contribution is 2.31. The second-order valence-corrected chi connectivity index (χ2v) is 5.07. The monoisotopic (exact) mass is 300 g/mol. The van der Waals surface area contributed by atoms with Crippen LogP contribution in [-0.4, -0.2) is 20.7 Å². The molecule has 0 bridgehead atoms. The van der Waals surface area contributed by atoms with Gasteiger partial charge in [-0.2, -0.15) is 0 Å². The third-order valence-corrected chi connectivity index (χ3v) is 3.66. The fourth-order valence-corrected chi connectivity index (χ4v) is 2.64. The molecule has 0 amide bonds. The molecule has 96 valence electrons. The lowest BCUT2D eigenvalue weighted by Gasteiger charge is -2.24. The molecule has 17 heavy (non-hydrogen) atoms. The molecule has 1 aromatic rings. The van der Waals surface area contributed by atoms with E-state index >= 15 is 0 Å². The lowest BCUT2D eigenvalue weighted by atomic mass is 9.92. The molecule has 3 nitrogen and oxygen atoms in total. The van der Waals surface area contributed by atoms with Gasteiger partial charge in [0.15, 0.2) is 0 Å². The predicted octanol–water partition coefficient (Wildman–Crippen LogP) is 2.70. The van der Waals surface area contributed by atoms with Crippen molar-refractivity contribution < 1.29 is 4.74 Å². The predicted molar refractivity (Wildman–Crippen MR) is 75.3 cm³/mol. The van der Waals surface area contributed by atoms with Gasteiger partial charge in [-0.25, -0.2) is 0 Å². The Balaban J connectivity index is 2.92. The van der Waals surface area contributed by atoms with Gasteiger partial charge in [-0.1, -0.05) is 13.0 Å². The Labute approximate surface area is 112 Å². The summed E-state index contributed by atoms with van der Waals surface area (Å²) in [6.07, 6.45) is 1.01. The number of nitrogens with one attached hydrogen (secondary N) is 1. The highest BCUT2D eigenvalue weighted by Gasteiger charge is 2.17. The van der Waals surface area contributed by atoms with Crippen molar-refractivity contribution in [3.05, 3.63) is 28.2 Å². The van der Waals surface area contributed by atoms with E-state index in [9.17, 15) is 0 Å². The molecule has 0 aliphatic carbocycles. The molecule has 0 aromatic heterocycles. The van der Waals surface area contributed by atoms with Crippen LogP contribution in [0.3, 0.4) is 0 Å². The van der Waals surface area contributed by atoms with E-state index in [0.29, 0.717) is 12.0 Å². The lowest BCUT2D eigenvalue weighted by Crippen LogP contribution is -2.25. The second-order valence-electron chi connectivity index (χ2n) is 4.21. The zero-order chi connectivity index (χ0) is 12.8.